The molecule has 2 saturated heterocycles. The number of carbonyl (C=O) groups excluding carboxylic acids is 1. The van der Waals surface area contributed by atoms with Crippen LogP contribution in [0.25, 0.3) is 0 Å². The standard InChI is InChI=1S/C19H23N5O3/c25-17(24-7-9-27-19(13-24)12-20-6-8-26-14-19)15-10-21-18(22-11-15)23-16-4-2-1-3-5-16/h1-5,10-11,20H,6-9,12-14H2,(H,21,22,23). The van der Waals surface area contributed by atoms with Crippen LogP contribution in [0.1, 0.15) is 10.4 Å². The summed E-state index contributed by atoms with van der Waals surface area (Å²) in [6.45, 7) is 4.14. The van der Waals surface area contributed by atoms with Crippen LogP contribution >= 0.6 is 0 Å². The fourth-order valence-electron chi connectivity index (χ4n) is 3.32. The maximum Gasteiger partial charge on any atom is 0.257 e. The van der Waals surface area contributed by atoms with Gasteiger partial charge in [-0.05, 0) is 12.1 Å². The topological polar surface area (TPSA) is 88.6 Å². The molecule has 1 spiro atoms. The summed E-state index contributed by atoms with van der Waals surface area (Å²) in [4.78, 5) is 23.2. The van der Waals surface area contributed by atoms with Crippen molar-refractivity contribution < 1.29 is 14.3 Å². The normalized spacial score (nSPS) is 23.0. The molecule has 2 fully saturated rings. The number of hydrogen-bond acceptors (Lipinski definition) is 7. The third-order valence-electron chi connectivity index (χ3n) is 4.70. The minimum absolute atomic E-state index is 0.0896. The van der Waals surface area contributed by atoms with Crippen molar-refractivity contribution in [2.24, 2.45) is 0 Å². The van der Waals surface area contributed by atoms with Gasteiger partial charge in [-0.25, -0.2) is 9.97 Å². The Labute approximate surface area is 157 Å². The second-order valence-electron chi connectivity index (χ2n) is 6.77. The summed E-state index contributed by atoms with van der Waals surface area (Å²) in [6.07, 6.45) is 3.12. The molecule has 27 heavy (non-hydrogen) atoms. The Kier molecular flexibility index (Phi) is 5.28. The Morgan fingerprint density at radius 3 is 2.81 bits per heavy atom. The summed E-state index contributed by atoms with van der Waals surface area (Å²) in [5, 5.41) is 6.43. The van der Waals surface area contributed by atoms with Crippen LogP contribution in [0, 0.1) is 0 Å². The van der Waals surface area contributed by atoms with Gasteiger partial charge in [0.15, 0.2) is 0 Å². The van der Waals surface area contributed by atoms with E-state index in [2.05, 4.69) is 20.6 Å². The van der Waals surface area contributed by atoms with E-state index in [1.807, 2.05) is 30.3 Å². The van der Waals surface area contributed by atoms with Crippen molar-refractivity contribution in [3.63, 3.8) is 0 Å². The van der Waals surface area contributed by atoms with E-state index in [0.29, 0.717) is 51.0 Å². The van der Waals surface area contributed by atoms with Gasteiger partial charge in [0.25, 0.3) is 5.91 Å². The zero-order valence-electron chi connectivity index (χ0n) is 15.1. The van der Waals surface area contributed by atoms with Gasteiger partial charge >= 0.3 is 0 Å². The van der Waals surface area contributed by atoms with Crippen molar-refractivity contribution in [3.05, 3.63) is 48.3 Å². The summed E-state index contributed by atoms with van der Waals surface area (Å²) < 4.78 is 11.6. The number of morpholine rings is 1. The maximum atomic E-state index is 12.9. The average molecular weight is 369 g/mol. The largest absolute Gasteiger partial charge is 0.377 e. The molecule has 8 nitrogen and oxygen atoms in total. The Hall–Kier alpha value is -2.55. The molecule has 1 atom stereocenters. The van der Waals surface area contributed by atoms with Gasteiger partial charge in [-0.1, -0.05) is 18.2 Å². The summed E-state index contributed by atoms with van der Waals surface area (Å²) in [6, 6.07) is 9.66. The molecule has 1 aromatic carbocycles. The second kappa shape index (κ2) is 7.99. The van der Waals surface area contributed by atoms with Crippen LogP contribution < -0.4 is 10.6 Å². The Bertz CT molecular complexity index is 761. The van der Waals surface area contributed by atoms with Crippen LogP contribution in [0.2, 0.25) is 0 Å². The van der Waals surface area contributed by atoms with Crippen molar-refractivity contribution in [3.8, 4) is 0 Å². The van der Waals surface area contributed by atoms with Gasteiger partial charge in [0.05, 0.1) is 31.9 Å². The molecule has 2 aliphatic heterocycles. The van der Waals surface area contributed by atoms with E-state index in [1.165, 1.54) is 0 Å². The van der Waals surface area contributed by atoms with E-state index in [4.69, 9.17) is 9.47 Å². The predicted octanol–water partition coefficient (Wildman–Crippen LogP) is 1.05. The second-order valence-corrected chi connectivity index (χ2v) is 6.77. The smallest absolute Gasteiger partial charge is 0.257 e. The summed E-state index contributed by atoms with van der Waals surface area (Å²) in [5.74, 6) is 0.366. The fraction of sp³-hybridized carbons (Fsp3) is 0.421. The Balaban J connectivity index is 1.42. The first-order valence-corrected chi connectivity index (χ1v) is 9.10. The van der Waals surface area contributed by atoms with Gasteiger partial charge in [-0.2, -0.15) is 0 Å². The SMILES string of the molecule is O=C(c1cnc(Nc2ccccc2)nc1)N1CCOC2(CNCCOC2)C1. The molecule has 0 aliphatic carbocycles. The number of para-hydroxylation sites is 1. The van der Waals surface area contributed by atoms with Crippen molar-refractivity contribution >= 4 is 17.5 Å². The quantitative estimate of drug-likeness (QED) is 0.836. The Morgan fingerprint density at radius 1 is 1.19 bits per heavy atom. The number of aromatic nitrogens is 2. The predicted molar refractivity (Wildman–Crippen MR) is 100 cm³/mol. The zero-order chi connectivity index (χ0) is 18.5. The number of benzene rings is 1. The first-order chi connectivity index (χ1) is 13.2. The van der Waals surface area contributed by atoms with Crippen molar-refractivity contribution in [2.45, 2.75) is 5.60 Å². The highest BCUT2D eigenvalue weighted by atomic mass is 16.5. The van der Waals surface area contributed by atoms with Crippen molar-refractivity contribution in [2.75, 3.05) is 51.3 Å². The molecule has 2 N–H and O–H groups in total. The molecule has 2 aromatic rings. The van der Waals surface area contributed by atoms with Gasteiger partial charge < -0.3 is 25.0 Å². The summed E-state index contributed by atoms with van der Waals surface area (Å²) in [5.41, 5.74) is 0.876. The zero-order valence-corrected chi connectivity index (χ0v) is 15.1. The molecule has 8 heteroatoms. The third-order valence-corrected chi connectivity index (χ3v) is 4.70. The monoisotopic (exact) mass is 369 g/mol. The van der Waals surface area contributed by atoms with Gasteiger partial charge in [0, 0.05) is 37.7 Å². The van der Waals surface area contributed by atoms with E-state index >= 15 is 0 Å². The molecule has 2 aliphatic rings. The van der Waals surface area contributed by atoms with E-state index in [9.17, 15) is 4.79 Å². The minimum Gasteiger partial charge on any atom is -0.377 e. The molecule has 3 heterocycles. The van der Waals surface area contributed by atoms with Crippen LogP contribution in [-0.4, -0.2) is 72.4 Å². The number of carbonyl (C=O) groups is 1. The lowest BCUT2D eigenvalue weighted by Crippen LogP contribution is -2.59. The highest BCUT2D eigenvalue weighted by Gasteiger charge is 2.39. The molecule has 1 amide bonds. The highest BCUT2D eigenvalue weighted by molar-refractivity contribution is 5.93. The number of nitrogens with one attached hydrogen (secondary N) is 2. The lowest BCUT2D eigenvalue weighted by molar-refractivity contribution is -0.125. The van der Waals surface area contributed by atoms with E-state index in [0.717, 1.165) is 12.2 Å². The molecule has 0 radical (unpaired) electrons. The number of anilines is 2. The molecule has 0 bridgehead atoms. The molecular weight excluding hydrogens is 346 g/mol. The molecule has 4 rings (SSSR count). The van der Waals surface area contributed by atoms with E-state index in [-0.39, 0.29) is 5.91 Å². The number of rotatable bonds is 3. The van der Waals surface area contributed by atoms with Crippen molar-refractivity contribution in [1.29, 1.82) is 0 Å². The van der Waals surface area contributed by atoms with Crippen LogP contribution in [0.5, 0.6) is 0 Å². The van der Waals surface area contributed by atoms with Gasteiger partial charge in [-0.3, -0.25) is 4.79 Å². The first-order valence-electron chi connectivity index (χ1n) is 9.10. The summed E-state index contributed by atoms with van der Waals surface area (Å²) >= 11 is 0. The lowest BCUT2D eigenvalue weighted by atomic mass is 10.0. The fourth-order valence-corrected chi connectivity index (χ4v) is 3.32. The molecular formula is C19H23N5O3. The average Bonchev–Trinajstić information content (AvgIpc) is 2.94. The highest BCUT2D eigenvalue weighted by Crippen LogP contribution is 2.21. The van der Waals surface area contributed by atoms with Crippen LogP contribution in [-0.2, 0) is 9.47 Å². The first kappa shape index (κ1) is 17.8. The van der Waals surface area contributed by atoms with Gasteiger partial charge in [0.2, 0.25) is 5.95 Å². The number of ether oxygens (including phenoxy) is 2. The number of amides is 1. The molecule has 0 saturated carbocycles. The van der Waals surface area contributed by atoms with Gasteiger partial charge in [-0.15, -0.1) is 0 Å². The van der Waals surface area contributed by atoms with Crippen molar-refractivity contribution in [1.82, 2.24) is 20.2 Å². The van der Waals surface area contributed by atoms with Crippen LogP contribution in [0.3, 0.4) is 0 Å². The van der Waals surface area contributed by atoms with E-state index < -0.39 is 5.60 Å². The van der Waals surface area contributed by atoms with Crippen LogP contribution in [0.4, 0.5) is 11.6 Å². The third kappa shape index (κ3) is 4.24. The number of hydrogen-bond donors (Lipinski definition) is 2. The van der Waals surface area contributed by atoms with Gasteiger partial charge in [0.1, 0.15) is 5.60 Å². The Morgan fingerprint density at radius 2 is 2.00 bits per heavy atom. The molecule has 142 valence electrons. The molecule has 1 aromatic heterocycles. The van der Waals surface area contributed by atoms with Crippen LogP contribution in [0.15, 0.2) is 42.7 Å². The lowest BCUT2D eigenvalue weighted by Gasteiger charge is -2.41. The minimum atomic E-state index is -0.486. The maximum absolute atomic E-state index is 12.9. The number of nitrogens with zero attached hydrogens (tertiary/aromatic N) is 3. The summed E-state index contributed by atoms with van der Waals surface area (Å²) in [7, 11) is 0. The van der Waals surface area contributed by atoms with E-state index in [1.54, 1.807) is 17.3 Å². The molecule has 1 unspecified atom stereocenters.